The molecule has 1 fully saturated rings. The summed E-state index contributed by atoms with van der Waals surface area (Å²) in [7, 11) is 1.29. The van der Waals surface area contributed by atoms with Crippen LogP contribution in [0.25, 0.3) is 0 Å². The second-order valence-electron chi connectivity index (χ2n) is 5.68. The Balaban J connectivity index is 1.78. The summed E-state index contributed by atoms with van der Waals surface area (Å²) >= 11 is 0. The van der Waals surface area contributed by atoms with Crippen molar-refractivity contribution in [2.75, 3.05) is 7.11 Å². The zero-order chi connectivity index (χ0) is 15.9. The predicted octanol–water partition coefficient (Wildman–Crippen LogP) is 1.73. The van der Waals surface area contributed by atoms with E-state index >= 15 is 0 Å². The Hall–Kier alpha value is -1.92. The molecule has 1 amide bonds. The number of nitrogens with zero attached hydrogens (tertiary/aromatic N) is 2. The highest BCUT2D eigenvalue weighted by atomic mass is 16.5. The van der Waals surface area contributed by atoms with Gasteiger partial charge in [0.15, 0.2) is 0 Å². The van der Waals surface area contributed by atoms with Crippen LogP contribution in [0.3, 0.4) is 0 Å². The van der Waals surface area contributed by atoms with Crippen molar-refractivity contribution in [1.82, 2.24) is 15.5 Å². The Morgan fingerprint density at radius 3 is 2.73 bits per heavy atom. The summed E-state index contributed by atoms with van der Waals surface area (Å²) in [5.41, 5.74) is 0. The average Bonchev–Trinajstić information content (AvgIpc) is 3.02. The van der Waals surface area contributed by atoms with Gasteiger partial charge in [0, 0.05) is 18.8 Å². The molecule has 1 heterocycles. The predicted molar refractivity (Wildman–Crippen MR) is 78.1 cm³/mol. The number of aromatic nitrogens is 2. The van der Waals surface area contributed by atoms with Gasteiger partial charge in [0.1, 0.15) is 6.04 Å². The third-order valence-corrected chi connectivity index (χ3v) is 3.94. The van der Waals surface area contributed by atoms with Gasteiger partial charge in [-0.15, -0.1) is 10.2 Å². The molecule has 2 rings (SSSR count). The highest BCUT2D eigenvalue weighted by molar-refractivity contribution is 5.84. The average molecular weight is 309 g/mol. The minimum Gasteiger partial charge on any atom is -0.467 e. The standard InChI is InChI=1S/C15H23N3O4/c1-10(15(20)21-2)16-12(19)8-9-13-17-18-14(22-13)11-6-4-3-5-7-11/h10-11H,3-9H2,1-2H3,(H,16,19)/t10-/m1/s1. The molecule has 0 radical (unpaired) electrons. The summed E-state index contributed by atoms with van der Waals surface area (Å²) < 4.78 is 10.2. The molecule has 1 N–H and O–H groups in total. The van der Waals surface area contributed by atoms with E-state index in [1.807, 2.05) is 0 Å². The van der Waals surface area contributed by atoms with E-state index in [0.717, 1.165) is 12.8 Å². The first-order valence-electron chi connectivity index (χ1n) is 7.79. The number of hydrogen-bond acceptors (Lipinski definition) is 6. The van der Waals surface area contributed by atoms with Crippen LogP contribution in [0.2, 0.25) is 0 Å². The van der Waals surface area contributed by atoms with Gasteiger partial charge in [-0.25, -0.2) is 4.79 Å². The van der Waals surface area contributed by atoms with Gasteiger partial charge >= 0.3 is 5.97 Å². The molecule has 1 atom stereocenters. The molecule has 1 aromatic rings. The van der Waals surface area contributed by atoms with Crippen molar-refractivity contribution in [3.05, 3.63) is 11.8 Å². The van der Waals surface area contributed by atoms with Gasteiger partial charge in [-0.3, -0.25) is 4.79 Å². The van der Waals surface area contributed by atoms with Crippen LogP contribution in [0.4, 0.5) is 0 Å². The lowest BCUT2D eigenvalue weighted by atomic mass is 9.89. The monoisotopic (exact) mass is 309 g/mol. The Labute approximate surface area is 129 Å². The van der Waals surface area contributed by atoms with E-state index in [9.17, 15) is 9.59 Å². The third-order valence-electron chi connectivity index (χ3n) is 3.94. The summed E-state index contributed by atoms with van der Waals surface area (Å²) in [5, 5.41) is 10.7. The van der Waals surface area contributed by atoms with Crippen LogP contribution in [0.1, 0.15) is 63.1 Å². The molecule has 0 bridgehead atoms. The second kappa shape index (κ2) is 7.91. The van der Waals surface area contributed by atoms with Gasteiger partial charge in [0.05, 0.1) is 7.11 Å². The molecule has 1 aromatic heterocycles. The molecule has 1 saturated carbocycles. The van der Waals surface area contributed by atoms with E-state index in [2.05, 4.69) is 20.3 Å². The SMILES string of the molecule is COC(=O)[C@@H](C)NC(=O)CCc1nnc(C2CCCCC2)o1. The van der Waals surface area contributed by atoms with E-state index in [0.29, 0.717) is 24.1 Å². The number of aryl methyl sites for hydroxylation is 1. The minimum atomic E-state index is -0.655. The first kappa shape index (κ1) is 16.5. The van der Waals surface area contributed by atoms with Crippen molar-refractivity contribution >= 4 is 11.9 Å². The molecule has 0 spiro atoms. The summed E-state index contributed by atoms with van der Waals surface area (Å²) in [6.45, 7) is 1.58. The third kappa shape index (κ3) is 4.54. The number of methoxy groups -OCH3 is 1. The van der Waals surface area contributed by atoms with E-state index in [-0.39, 0.29) is 12.3 Å². The molecule has 1 aliphatic carbocycles. The molecule has 7 heteroatoms. The number of carbonyl (C=O) groups excluding carboxylic acids is 2. The Kier molecular flexibility index (Phi) is 5.91. The van der Waals surface area contributed by atoms with E-state index in [1.54, 1.807) is 6.92 Å². The number of esters is 1. The maximum atomic E-state index is 11.7. The van der Waals surface area contributed by atoms with Gasteiger partial charge < -0.3 is 14.5 Å². The first-order chi connectivity index (χ1) is 10.6. The summed E-state index contributed by atoms with van der Waals surface area (Å²) in [6, 6.07) is -0.655. The maximum Gasteiger partial charge on any atom is 0.328 e. The lowest BCUT2D eigenvalue weighted by molar-refractivity contribution is -0.144. The topological polar surface area (TPSA) is 94.3 Å². The van der Waals surface area contributed by atoms with Gasteiger partial charge in [-0.05, 0) is 19.8 Å². The van der Waals surface area contributed by atoms with Crippen molar-refractivity contribution in [1.29, 1.82) is 0 Å². The van der Waals surface area contributed by atoms with Crippen LogP contribution >= 0.6 is 0 Å². The van der Waals surface area contributed by atoms with Crippen molar-refractivity contribution in [2.45, 2.75) is 63.8 Å². The van der Waals surface area contributed by atoms with Crippen LogP contribution in [0.15, 0.2) is 4.42 Å². The number of rotatable bonds is 6. The smallest absolute Gasteiger partial charge is 0.328 e. The van der Waals surface area contributed by atoms with Gasteiger partial charge in [-0.2, -0.15) is 0 Å². The maximum absolute atomic E-state index is 11.7. The Morgan fingerprint density at radius 1 is 1.32 bits per heavy atom. The molecule has 0 aliphatic heterocycles. The molecule has 7 nitrogen and oxygen atoms in total. The van der Waals surface area contributed by atoms with Crippen molar-refractivity contribution in [3.63, 3.8) is 0 Å². The lowest BCUT2D eigenvalue weighted by Crippen LogP contribution is -2.39. The quantitative estimate of drug-likeness (QED) is 0.804. The van der Waals surface area contributed by atoms with Crippen LogP contribution in [0.5, 0.6) is 0 Å². The van der Waals surface area contributed by atoms with Crippen molar-refractivity contribution < 1.29 is 18.7 Å². The molecular weight excluding hydrogens is 286 g/mol. The number of amides is 1. The molecule has 0 saturated heterocycles. The van der Waals surface area contributed by atoms with Crippen molar-refractivity contribution in [3.8, 4) is 0 Å². The van der Waals surface area contributed by atoms with Crippen molar-refractivity contribution in [2.24, 2.45) is 0 Å². The molecule has 1 aliphatic rings. The highest BCUT2D eigenvalue weighted by Crippen LogP contribution is 2.31. The highest BCUT2D eigenvalue weighted by Gasteiger charge is 2.21. The largest absolute Gasteiger partial charge is 0.467 e. The van der Waals surface area contributed by atoms with Crippen LogP contribution in [0, 0.1) is 0 Å². The summed E-state index contributed by atoms with van der Waals surface area (Å²) in [5.74, 6) is 0.823. The van der Waals surface area contributed by atoms with Gasteiger partial charge in [0.2, 0.25) is 17.7 Å². The zero-order valence-electron chi connectivity index (χ0n) is 13.1. The van der Waals surface area contributed by atoms with Crippen LogP contribution in [-0.2, 0) is 20.7 Å². The summed E-state index contributed by atoms with van der Waals surface area (Å²) in [4.78, 5) is 23.0. The molecule has 0 aromatic carbocycles. The fourth-order valence-corrected chi connectivity index (χ4v) is 2.65. The Morgan fingerprint density at radius 2 is 2.05 bits per heavy atom. The van der Waals surface area contributed by atoms with Crippen LogP contribution < -0.4 is 5.32 Å². The molecular formula is C15H23N3O4. The number of nitrogens with one attached hydrogen (secondary N) is 1. The molecule has 22 heavy (non-hydrogen) atoms. The zero-order valence-corrected chi connectivity index (χ0v) is 13.1. The number of hydrogen-bond donors (Lipinski definition) is 1. The van der Waals surface area contributed by atoms with E-state index in [1.165, 1.54) is 26.4 Å². The van der Waals surface area contributed by atoms with E-state index in [4.69, 9.17) is 4.42 Å². The molecule has 122 valence electrons. The normalized spacial score (nSPS) is 17.0. The lowest BCUT2D eigenvalue weighted by Gasteiger charge is -2.17. The number of carbonyl (C=O) groups is 2. The van der Waals surface area contributed by atoms with E-state index < -0.39 is 12.0 Å². The fourth-order valence-electron chi connectivity index (χ4n) is 2.65. The van der Waals surface area contributed by atoms with Gasteiger partial charge in [-0.1, -0.05) is 19.3 Å². The van der Waals surface area contributed by atoms with Crippen LogP contribution in [-0.4, -0.2) is 35.2 Å². The number of ether oxygens (including phenoxy) is 1. The Bertz CT molecular complexity index is 509. The second-order valence-corrected chi connectivity index (χ2v) is 5.68. The first-order valence-corrected chi connectivity index (χ1v) is 7.79. The molecule has 0 unspecified atom stereocenters. The van der Waals surface area contributed by atoms with Gasteiger partial charge in [0.25, 0.3) is 0 Å². The summed E-state index contributed by atoms with van der Waals surface area (Å²) in [6.07, 6.45) is 6.45. The minimum absolute atomic E-state index is 0.202. The fraction of sp³-hybridized carbons (Fsp3) is 0.733.